The lowest BCUT2D eigenvalue weighted by molar-refractivity contribution is -0.128. The first-order valence-electron chi connectivity index (χ1n) is 7.97. The second kappa shape index (κ2) is 7.17. The largest absolute Gasteiger partial charge is 0.445 e. The molecule has 2 amide bonds. The fourth-order valence-electron chi connectivity index (χ4n) is 2.84. The van der Waals surface area contributed by atoms with Crippen molar-refractivity contribution in [2.45, 2.75) is 19.6 Å². The molecule has 1 atom stereocenters. The molecule has 1 N–H and O–H groups in total. The average Bonchev–Trinajstić information content (AvgIpc) is 2.60. The molecule has 2 aromatic rings. The molecule has 0 aliphatic carbocycles. The van der Waals surface area contributed by atoms with Crippen molar-refractivity contribution in [3.8, 4) is 0 Å². The highest BCUT2D eigenvalue weighted by atomic mass is 16.6. The highest BCUT2D eigenvalue weighted by molar-refractivity contribution is 5.88. The summed E-state index contributed by atoms with van der Waals surface area (Å²) in [5, 5.41) is 2.82. The van der Waals surface area contributed by atoms with E-state index < -0.39 is 12.1 Å². The monoisotopic (exact) mass is 324 g/mol. The van der Waals surface area contributed by atoms with E-state index in [0.717, 1.165) is 16.7 Å². The van der Waals surface area contributed by atoms with Crippen molar-refractivity contribution < 1.29 is 14.3 Å². The van der Waals surface area contributed by atoms with Gasteiger partial charge < -0.3 is 10.1 Å². The van der Waals surface area contributed by atoms with Gasteiger partial charge in [-0.05, 0) is 18.1 Å². The van der Waals surface area contributed by atoms with Gasteiger partial charge in [0.2, 0.25) is 5.91 Å². The van der Waals surface area contributed by atoms with E-state index >= 15 is 0 Å². The number of nitrogens with zero attached hydrogens (tertiary/aromatic N) is 1. The van der Waals surface area contributed by atoms with Crippen LogP contribution in [0.3, 0.4) is 0 Å². The van der Waals surface area contributed by atoms with E-state index in [4.69, 9.17) is 4.74 Å². The Hall–Kier alpha value is -2.82. The molecule has 0 aromatic heterocycles. The van der Waals surface area contributed by atoms with Gasteiger partial charge in [-0.1, -0.05) is 60.2 Å². The van der Waals surface area contributed by atoms with E-state index in [1.54, 1.807) is 0 Å². The molecular formula is C19H20N2O3. The standard InChI is InChI=1S/C19H20N2O3/c1-14-6-5-9-16(12-14)17-18(22)20-10-11-21(17)19(23)24-13-15-7-3-2-4-8-15/h2-9,12,17H,10-11,13H2,1H3,(H,20,22). The summed E-state index contributed by atoms with van der Waals surface area (Å²) in [6.07, 6.45) is -0.472. The van der Waals surface area contributed by atoms with Crippen LogP contribution in [0.2, 0.25) is 0 Å². The lowest BCUT2D eigenvalue weighted by Gasteiger charge is -2.34. The molecule has 3 rings (SSSR count). The number of piperazine rings is 1. The van der Waals surface area contributed by atoms with Gasteiger partial charge in [-0.25, -0.2) is 4.79 Å². The van der Waals surface area contributed by atoms with E-state index in [2.05, 4.69) is 5.32 Å². The fraction of sp³-hybridized carbons (Fsp3) is 0.263. The van der Waals surface area contributed by atoms with Crippen LogP contribution in [0.15, 0.2) is 54.6 Å². The van der Waals surface area contributed by atoms with E-state index in [1.807, 2.05) is 61.5 Å². The van der Waals surface area contributed by atoms with E-state index in [-0.39, 0.29) is 12.5 Å². The molecule has 0 spiro atoms. The van der Waals surface area contributed by atoms with Gasteiger partial charge >= 0.3 is 6.09 Å². The van der Waals surface area contributed by atoms with Crippen LogP contribution in [0, 0.1) is 6.92 Å². The number of hydrogen-bond donors (Lipinski definition) is 1. The summed E-state index contributed by atoms with van der Waals surface area (Å²) in [6, 6.07) is 16.5. The summed E-state index contributed by atoms with van der Waals surface area (Å²) in [6.45, 7) is 3.01. The third-order valence-corrected chi connectivity index (χ3v) is 4.01. The lowest BCUT2D eigenvalue weighted by Crippen LogP contribution is -2.52. The van der Waals surface area contributed by atoms with Crippen LogP contribution in [0.4, 0.5) is 4.79 Å². The van der Waals surface area contributed by atoms with Crippen molar-refractivity contribution in [2.24, 2.45) is 0 Å². The predicted molar refractivity (Wildman–Crippen MR) is 90.3 cm³/mol. The molecule has 24 heavy (non-hydrogen) atoms. The molecule has 124 valence electrons. The Balaban J connectivity index is 1.76. The third kappa shape index (κ3) is 3.56. The van der Waals surface area contributed by atoms with Gasteiger partial charge in [0.25, 0.3) is 0 Å². The second-order valence-electron chi connectivity index (χ2n) is 5.84. The smallest absolute Gasteiger partial charge is 0.411 e. The molecule has 2 aromatic carbocycles. The fourth-order valence-corrected chi connectivity index (χ4v) is 2.84. The van der Waals surface area contributed by atoms with Crippen LogP contribution >= 0.6 is 0 Å². The minimum absolute atomic E-state index is 0.177. The molecule has 1 heterocycles. The van der Waals surface area contributed by atoms with Gasteiger partial charge in [0, 0.05) is 13.1 Å². The lowest BCUT2D eigenvalue weighted by atomic mass is 10.0. The molecule has 5 heteroatoms. The maximum absolute atomic E-state index is 12.5. The number of carbonyl (C=O) groups is 2. The number of amides is 2. The average molecular weight is 324 g/mol. The molecule has 5 nitrogen and oxygen atoms in total. The van der Waals surface area contributed by atoms with Crippen LogP contribution in [-0.4, -0.2) is 30.0 Å². The highest BCUT2D eigenvalue weighted by Gasteiger charge is 2.35. The van der Waals surface area contributed by atoms with Crippen molar-refractivity contribution in [3.05, 3.63) is 71.3 Å². The van der Waals surface area contributed by atoms with Crippen molar-refractivity contribution >= 4 is 12.0 Å². The van der Waals surface area contributed by atoms with Crippen LogP contribution in [-0.2, 0) is 16.1 Å². The van der Waals surface area contributed by atoms with Crippen LogP contribution in [0.1, 0.15) is 22.7 Å². The van der Waals surface area contributed by atoms with Gasteiger partial charge in [-0.3, -0.25) is 9.69 Å². The summed E-state index contributed by atoms with van der Waals surface area (Å²) < 4.78 is 5.40. The summed E-state index contributed by atoms with van der Waals surface area (Å²) in [7, 11) is 0. The summed E-state index contributed by atoms with van der Waals surface area (Å²) in [5.74, 6) is -0.177. The maximum Gasteiger partial charge on any atom is 0.411 e. The predicted octanol–water partition coefficient (Wildman–Crippen LogP) is 2.80. The first-order chi connectivity index (χ1) is 11.6. The summed E-state index contributed by atoms with van der Waals surface area (Å²) in [4.78, 5) is 26.3. The Bertz CT molecular complexity index is 730. The van der Waals surface area contributed by atoms with E-state index in [0.29, 0.717) is 13.1 Å². The molecule has 1 aliphatic rings. The first-order valence-corrected chi connectivity index (χ1v) is 7.97. The molecule has 1 fully saturated rings. The van der Waals surface area contributed by atoms with Crippen molar-refractivity contribution in [2.75, 3.05) is 13.1 Å². The molecular weight excluding hydrogens is 304 g/mol. The first kappa shape index (κ1) is 16.1. The zero-order valence-corrected chi connectivity index (χ0v) is 13.6. The zero-order valence-electron chi connectivity index (χ0n) is 13.6. The Kier molecular flexibility index (Phi) is 4.79. The van der Waals surface area contributed by atoms with Gasteiger partial charge in [-0.2, -0.15) is 0 Å². The summed E-state index contributed by atoms with van der Waals surface area (Å²) >= 11 is 0. The van der Waals surface area contributed by atoms with E-state index in [9.17, 15) is 9.59 Å². The van der Waals surface area contributed by atoms with Crippen LogP contribution < -0.4 is 5.32 Å². The number of rotatable bonds is 3. The Labute approximate surface area is 141 Å². The molecule has 0 radical (unpaired) electrons. The van der Waals surface area contributed by atoms with Gasteiger partial charge in [0.15, 0.2) is 0 Å². The Morgan fingerprint density at radius 3 is 2.75 bits per heavy atom. The third-order valence-electron chi connectivity index (χ3n) is 4.01. The normalized spacial score (nSPS) is 17.3. The van der Waals surface area contributed by atoms with Gasteiger partial charge in [-0.15, -0.1) is 0 Å². The molecule has 1 unspecified atom stereocenters. The molecule has 1 saturated heterocycles. The topological polar surface area (TPSA) is 58.6 Å². The van der Waals surface area contributed by atoms with Crippen molar-refractivity contribution in [3.63, 3.8) is 0 Å². The SMILES string of the molecule is Cc1cccc(C2C(=O)NCCN2C(=O)OCc2ccccc2)c1. The number of aryl methyl sites for hydroxylation is 1. The van der Waals surface area contributed by atoms with Gasteiger partial charge in [0.1, 0.15) is 12.6 Å². The van der Waals surface area contributed by atoms with Crippen molar-refractivity contribution in [1.29, 1.82) is 0 Å². The number of nitrogens with one attached hydrogen (secondary N) is 1. The number of ether oxygens (including phenoxy) is 1. The number of hydrogen-bond acceptors (Lipinski definition) is 3. The molecule has 0 bridgehead atoms. The Morgan fingerprint density at radius 2 is 2.00 bits per heavy atom. The maximum atomic E-state index is 12.5. The van der Waals surface area contributed by atoms with Gasteiger partial charge in [0.05, 0.1) is 0 Å². The van der Waals surface area contributed by atoms with E-state index in [1.165, 1.54) is 4.90 Å². The quantitative estimate of drug-likeness (QED) is 0.944. The second-order valence-corrected chi connectivity index (χ2v) is 5.84. The van der Waals surface area contributed by atoms with Crippen LogP contribution in [0.5, 0.6) is 0 Å². The van der Waals surface area contributed by atoms with Crippen molar-refractivity contribution in [1.82, 2.24) is 10.2 Å². The minimum atomic E-state index is -0.651. The van der Waals surface area contributed by atoms with Crippen LogP contribution in [0.25, 0.3) is 0 Å². The Morgan fingerprint density at radius 1 is 1.21 bits per heavy atom. The summed E-state index contributed by atoms with van der Waals surface area (Å²) in [5.41, 5.74) is 2.76. The zero-order chi connectivity index (χ0) is 16.9. The highest BCUT2D eigenvalue weighted by Crippen LogP contribution is 2.25. The molecule has 0 saturated carbocycles. The minimum Gasteiger partial charge on any atom is -0.445 e. The molecule has 1 aliphatic heterocycles. The number of benzene rings is 2. The number of carbonyl (C=O) groups excluding carboxylic acids is 2.